The molecule has 0 unspecified atom stereocenters. The maximum atomic E-state index is 10.2. The van der Waals surface area contributed by atoms with Gasteiger partial charge in [-0.1, -0.05) is 46.7 Å². The molecule has 0 bridgehead atoms. The minimum absolute atomic E-state index is 0.253. The van der Waals surface area contributed by atoms with Gasteiger partial charge < -0.3 is 5.11 Å². The zero-order valence-electron chi connectivity index (χ0n) is 9.29. The fourth-order valence-corrected chi connectivity index (χ4v) is 2.88. The van der Waals surface area contributed by atoms with Crippen molar-refractivity contribution < 1.29 is 9.51 Å². The van der Waals surface area contributed by atoms with Crippen molar-refractivity contribution in [2.75, 3.05) is 0 Å². The van der Waals surface area contributed by atoms with Gasteiger partial charge in [0.2, 0.25) is 0 Å². The Morgan fingerprint density at radius 1 is 1.24 bits per heavy atom. The second-order valence-electron chi connectivity index (χ2n) is 3.86. The van der Waals surface area contributed by atoms with E-state index in [2.05, 4.69) is 4.98 Å². The lowest BCUT2D eigenvalue weighted by atomic mass is 10.2. The zero-order valence-corrected chi connectivity index (χ0v) is 10.1. The number of nitrogens with zero attached hydrogens (tertiary/aromatic N) is 2. The molecule has 17 heavy (non-hydrogen) atoms. The number of aromatic hydroxyl groups is 1. The van der Waals surface area contributed by atoms with Crippen LogP contribution in [0, 0.1) is 6.92 Å². The molecule has 0 spiro atoms. The molecule has 4 heteroatoms. The lowest BCUT2D eigenvalue weighted by Gasteiger charge is -1.94. The molecule has 0 aliphatic heterocycles. The van der Waals surface area contributed by atoms with Gasteiger partial charge >= 0.3 is 5.88 Å². The first kappa shape index (κ1) is 10.2. The summed E-state index contributed by atoms with van der Waals surface area (Å²) in [7, 11) is 0. The summed E-state index contributed by atoms with van der Waals surface area (Å²) in [4.78, 5) is 6.05. The Kier molecular flexibility index (Phi) is 2.30. The number of rotatable bonds is 1. The third-order valence-corrected chi connectivity index (χ3v) is 3.77. The van der Waals surface area contributed by atoms with Gasteiger partial charge in [0, 0.05) is 13.0 Å². The standard InChI is InChI=1S/C13H10N2OS/c1-9-7-11-15(8-14-9)13(16)12(17-11)10-5-3-2-4-6-10/h2-8H,1H3/p+1. The van der Waals surface area contributed by atoms with E-state index in [9.17, 15) is 5.11 Å². The SMILES string of the molecule is Cc1cc2sc(-c3ccccc3)c(O)[n+]2cn1. The summed E-state index contributed by atoms with van der Waals surface area (Å²) in [5, 5.41) is 10.2. The molecule has 84 valence electrons. The first-order valence-electron chi connectivity index (χ1n) is 5.31. The molecule has 2 aromatic heterocycles. The van der Waals surface area contributed by atoms with Crippen LogP contribution in [-0.4, -0.2) is 10.1 Å². The largest absolute Gasteiger partial charge is 0.476 e. The lowest BCUT2D eigenvalue weighted by molar-refractivity contribution is -0.521. The number of aromatic nitrogens is 2. The molecule has 0 saturated carbocycles. The van der Waals surface area contributed by atoms with E-state index >= 15 is 0 Å². The van der Waals surface area contributed by atoms with Crippen LogP contribution in [0.2, 0.25) is 0 Å². The van der Waals surface area contributed by atoms with Crippen molar-refractivity contribution in [3.63, 3.8) is 0 Å². The van der Waals surface area contributed by atoms with Crippen LogP contribution in [0.3, 0.4) is 0 Å². The summed E-state index contributed by atoms with van der Waals surface area (Å²) < 4.78 is 1.71. The summed E-state index contributed by atoms with van der Waals surface area (Å²) >= 11 is 1.56. The van der Waals surface area contributed by atoms with Crippen molar-refractivity contribution in [2.24, 2.45) is 0 Å². The summed E-state index contributed by atoms with van der Waals surface area (Å²) in [6.45, 7) is 1.94. The Labute approximate surface area is 103 Å². The Morgan fingerprint density at radius 3 is 2.76 bits per heavy atom. The van der Waals surface area contributed by atoms with Gasteiger partial charge in [-0.25, -0.2) is 0 Å². The monoisotopic (exact) mass is 243 g/mol. The van der Waals surface area contributed by atoms with Crippen molar-refractivity contribution in [1.29, 1.82) is 0 Å². The van der Waals surface area contributed by atoms with E-state index in [1.54, 1.807) is 22.1 Å². The molecule has 0 aliphatic rings. The number of hydrogen-bond acceptors (Lipinski definition) is 3. The molecule has 0 saturated heterocycles. The molecule has 0 amide bonds. The molecule has 0 radical (unpaired) electrons. The number of thiazole rings is 1. The Hall–Kier alpha value is -1.94. The Balaban J connectivity index is 2.28. The van der Waals surface area contributed by atoms with Gasteiger partial charge in [-0.3, -0.25) is 0 Å². The average Bonchev–Trinajstić information content (AvgIpc) is 2.67. The summed E-state index contributed by atoms with van der Waals surface area (Å²) in [5.41, 5.74) is 1.97. The van der Waals surface area contributed by atoms with E-state index in [1.807, 2.05) is 43.3 Å². The highest BCUT2D eigenvalue weighted by atomic mass is 32.1. The predicted molar refractivity (Wildman–Crippen MR) is 67.1 cm³/mol. The molecule has 0 atom stereocenters. The van der Waals surface area contributed by atoms with Crippen LogP contribution in [-0.2, 0) is 0 Å². The van der Waals surface area contributed by atoms with E-state index in [4.69, 9.17) is 0 Å². The maximum absolute atomic E-state index is 10.2. The van der Waals surface area contributed by atoms with E-state index in [0.29, 0.717) is 0 Å². The van der Waals surface area contributed by atoms with Crippen molar-refractivity contribution in [1.82, 2.24) is 4.98 Å². The first-order valence-corrected chi connectivity index (χ1v) is 6.12. The normalized spacial score (nSPS) is 10.9. The third-order valence-electron chi connectivity index (χ3n) is 2.62. The van der Waals surface area contributed by atoms with Crippen LogP contribution >= 0.6 is 11.3 Å². The highest BCUT2D eigenvalue weighted by Crippen LogP contribution is 2.33. The van der Waals surface area contributed by atoms with Crippen molar-refractivity contribution in [2.45, 2.75) is 6.92 Å². The fourth-order valence-electron chi connectivity index (χ4n) is 1.77. The van der Waals surface area contributed by atoms with Crippen molar-refractivity contribution >= 4 is 16.2 Å². The Bertz CT molecular complexity index is 676. The van der Waals surface area contributed by atoms with Gasteiger partial charge in [-0.05, 0) is 5.56 Å². The second kappa shape index (κ2) is 3.82. The van der Waals surface area contributed by atoms with E-state index in [0.717, 1.165) is 21.0 Å². The third kappa shape index (κ3) is 1.66. The number of fused-ring (bicyclic) bond motifs is 1. The fraction of sp³-hybridized carbons (Fsp3) is 0.0769. The highest BCUT2D eigenvalue weighted by molar-refractivity contribution is 7.20. The topological polar surface area (TPSA) is 37.2 Å². The van der Waals surface area contributed by atoms with Crippen LogP contribution in [0.1, 0.15) is 5.69 Å². The minimum atomic E-state index is 0.253. The molecule has 1 N–H and O–H groups in total. The van der Waals surface area contributed by atoms with Gasteiger partial charge in [-0.2, -0.15) is 4.40 Å². The summed E-state index contributed by atoms with van der Waals surface area (Å²) in [5.74, 6) is 0.253. The predicted octanol–water partition coefficient (Wildman–Crippen LogP) is 2.56. The zero-order chi connectivity index (χ0) is 11.8. The van der Waals surface area contributed by atoms with Crippen LogP contribution in [0.25, 0.3) is 15.3 Å². The molecule has 3 aromatic rings. The molecule has 3 nitrogen and oxygen atoms in total. The van der Waals surface area contributed by atoms with Crippen molar-refractivity contribution in [3.8, 4) is 16.3 Å². The maximum Gasteiger partial charge on any atom is 0.306 e. The van der Waals surface area contributed by atoms with Gasteiger partial charge in [0.25, 0.3) is 6.33 Å². The molecule has 2 heterocycles. The van der Waals surface area contributed by atoms with Gasteiger partial charge in [0.1, 0.15) is 4.88 Å². The van der Waals surface area contributed by atoms with E-state index in [1.165, 1.54) is 0 Å². The van der Waals surface area contributed by atoms with Crippen molar-refractivity contribution in [3.05, 3.63) is 48.4 Å². The number of benzene rings is 1. The molecular weight excluding hydrogens is 232 g/mol. The first-order chi connectivity index (χ1) is 8.25. The van der Waals surface area contributed by atoms with Gasteiger partial charge in [0.15, 0.2) is 10.5 Å². The van der Waals surface area contributed by atoms with E-state index in [-0.39, 0.29) is 5.88 Å². The van der Waals surface area contributed by atoms with Crippen LogP contribution in [0.15, 0.2) is 42.7 Å². The minimum Gasteiger partial charge on any atom is -0.476 e. The highest BCUT2D eigenvalue weighted by Gasteiger charge is 2.18. The number of aryl methyl sites for hydroxylation is 1. The smallest absolute Gasteiger partial charge is 0.306 e. The van der Waals surface area contributed by atoms with Crippen LogP contribution in [0.4, 0.5) is 0 Å². The van der Waals surface area contributed by atoms with Crippen LogP contribution in [0.5, 0.6) is 5.88 Å². The molecule has 1 aromatic carbocycles. The van der Waals surface area contributed by atoms with Gasteiger partial charge in [0.05, 0.1) is 0 Å². The summed E-state index contributed by atoms with van der Waals surface area (Å²) in [6, 6.07) is 11.8. The lowest BCUT2D eigenvalue weighted by Crippen LogP contribution is -2.19. The molecule has 0 fully saturated rings. The second-order valence-corrected chi connectivity index (χ2v) is 4.89. The molecule has 3 rings (SSSR count). The average molecular weight is 243 g/mol. The number of hydrogen-bond donors (Lipinski definition) is 1. The molecular formula is C13H11N2OS+. The van der Waals surface area contributed by atoms with Crippen LogP contribution < -0.4 is 4.40 Å². The molecule has 0 aliphatic carbocycles. The quantitative estimate of drug-likeness (QED) is 0.667. The Morgan fingerprint density at radius 2 is 2.00 bits per heavy atom. The summed E-state index contributed by atoms with van der Waals surface area (Å²) in [6.07, 6.45) is 1.66. The van der Waals surface area contributed by atoms with E-state index < -0.39 is 0 Å². The van der Waals surface area contributed by atoms with Gasteiger partial charge in [-0.15, -0.1) is 0 Å².